The van der Waals surface area contributed by atoms with Crippen LogP contribution in [0.2, 0.25) is 5.02 Å². The van der Waals surface area contributed by atoms with Crippen molar-refractivity contribution >= 4 is 34.8 Å². The van der Waals surface area contributed by atoms with E-state index in [1.165, 1.54) is 25.7 Å². The first-order valence-corrected chi connectivity index (χ1v) is 10.6. The third-order valence-electron chi connectivity index (χ3n) is 6.21. The summed E-state index contributed by atoms with van der Waals surface area (Å²) in [5, 5.41) is 4.07. The first kappa shape index (κ1) is 20.8. The summed E-state index contributed by atoms with van der Waals surface area (Å²) in [5.41, 5.74) is 2.97. The number of nitrogens with zero attached hydrogens (tertiary/aromatic N) is 3. The number of hydrogen-bond acceptors (Lipinski definition) is 6. The van der Waals surface area contributed by atoms with Gasteiger partial charge in [-0.05, 0) is 68.5 Å². The standard InChI is InChI=1S/C15H17ClN2O.C8H10N2O/c1-17-11-7-15(8-11)5-9(6-15)14-18-12-4-10(16)2-3-13(12)19-14;1-10(2)8-5-7(6-11)3-4-9-8/h2-4,9,11,17H,5-8H2,1H3;3-6H,1-2H3. The maximum absolute atomic E-state index is 10.3. The Bertz CT molecular complexity index is 1030. The van der Waals surface area contributed by atoms with Crippen LogP contribution in [0.15, 0.2) is 40.9 Å². The molecular formula is C23H27ClN4O2. The zero-order chi connectivity index (χ0) is 21.3. The lowest BCUT2D eigenvalue weighted by atomic mass is 9.50. The third-order valence-corrected chi connectivity index (χ3v) is 6.44. The van der Waals surface area contributed by atoms with E-state index in [9.17, 15) is 4.79 Å². The van der Waals surface area contributed by atoms with Crippen LogP contribution in [0.3, 0.4) is 0 Å². The molecule has 0 bridgehead atoms. The number of anilines is 1. The molecule has 1 spiro atoms. The minimum atomic E-state index is 0.504. The van der Waals surface area contributed by atoms with Crippen molar-refractivity contribution in [1.29, 1.82) is 0 Å². The van der Waals surface area contributed by atoms with Gasteiger partial charge in [-0.25, -0.2) is 9.97 Å². The third kappa shape index (κ3) is 4.20. The lowest BCUT2D eigenvalue weighted by Gasteiger charge is -2.57. The van der Waals surface area contributed by atoms with Crippen LogP contribution in [0.25, 0.3) is 11.1 Å². The van der Waals surface area contributed by atoms with E-state index in [1.807, 2.05) is 37.2 Å². The van der Waals surface area contributed by atoms with Gasteiger partial charge >= 0.3 is 0 Å². The molecule has 0 unspecified atom stereocenters. The fraction of sp³-hybridized carbons (Fsp3) is 0.435. The Labute approximate surface area is 181 Å². The molecule has 2 fully saturated rings. The van der Waals surface area contributed by atoms with Gasteiger partial charge in [0.1, 0.15) is 17.6 Å². The van der Waals surface area contributed by atoms with Gasteiger partial charge in [0.2, 0.25) is 0 Å². The van der Waals surface area contributed by atoms with E-state index in [1.54, 1.807) is 18.3 Å². The second-order valence-electron chi connectivity index (χ2n) is 8.62. The van der Waals surface area contributed by atoms with Crippen molar-refractivity contribution in [3.63, 3.8) is 0 Å². The second-order valence-corrected chi connectivity index (χ2v) is 9.06. The molecule has 2 aromatic heterocycles. The molecule has 2 aliphatic carbocycles. The van der Waals surface area contributed by atoms with Crippen LogP contribution in [0.1, 0.15) is 47.8 Å². The molecule has 1 aromatic carbocycles. The molecule has 0 aliphatic heterocycles. The molecule has 0 atom stereocenters. The summed E-state index contributed by atoms with van der Waals surface area (Å²) in [6.07, 6.45) is 7.52. The highest BCUT2D eigenvalue weighted by molar-refractivity contribution is 6.31. The number of rotatable bonds is 4. The summed E-state index contributed by atoms with van der Waals surface area (Å²) >= 11 is 5.98. The molecule has 0 amide bonds. The van der Waals surface area contributed by atoms with E-state index in [2.05, 4.69) is 22.3 Å². The maximum Gasteiger partial charge on any atom is 0.198 e. The number of aldehydes is 1. The van der Waals surface area contributed by atoms with Gasteiger partial charge < -0.3 is 14.6 Å². The molecule has 1 N–H and O–H groups in total. The molecule has 2 aliphatic rings. The maximum atomic E-state index is 10.3. The molecule has 0 saturated heterocycles. The quantitative estimate of drug-likeness (QED) is 0.610. The largest absolute Gasteiger partial charge is 0.440 e. The van der Waals surface area contributed by atoms with Crippen molar-refractivity contribution in [2.24, 2.45) is 5.41 Å². The van der Waals surface area contributed by atoms with E-state index in [-0.39, 0.29) is 0 Å². The molecule has 0 radical (unpaired) electrons. The van der Waals surface area contributed by atoms with Crippen LogP contribution in [-0.2, 0) is 0 Å². The molecule has 6 nitrogen and oxygen atoms in total. The van der Waals surface area contributed by atoms with E-state index in [4.69, 9.17) is 16.0 Å². The van der Waals surface area contributed by atoms with Crippen molar-refractivity contribution in [3.05, 3.63) is 53.0 Å². The monoisotopic (exact) mass is 426 g/mol. The molecule has 7 heteroatoms. The van der Waals surface area contributed by atoms with E-state index < -0.39 is 0 Å². The number of halogens is 1. The van der Waals surface area contributed by atoms with Crippen LogP contribution < -0.4 is 10.2 Å². The molecule has 3 aromatic rings. The summed E-state index contributed by atoms with van der Waals surface area (Å²) < 4.78 is 5.86. The smallest absolute Gasteiger partial charge is 0.198 e. The van der Waals surface area contributed by atoms with Crippen molar-refractivity contribution < 1.29 is 9.21 Å². The number of fused-ring (bicyclic) bond motifs is 1. The molecule has 2 heterocycles. The normalized spacial score (nSPS) is 24.5. The van der Waals surface area contributed by atoms with Crippen LogP contribution >= 0.6 is 11.6 Å². The van der Waals surface area contributed by atoms with Crippen molar-refractivity contribution in [3.8, 4) is 0 Å². The highest BCUT2D eigenvalue weighted by atomic mass is 35.5. The van der Waals surface area contributed by atoms with Crippen LogP contribution in [0.5, 0.6) is 0 Å². The average molecular weight is 427 g/mol. The van der Waals surface area contributed by atoms with Crippen molar-refractivity contribution in [1.82, 2.24) is 15.3 Å². The average Bonchev–Trinajstić information content (AvgIpc) is 3.09. The molecular weight excluding hydrogens is 400 g/mol. The molecule has 158 valence electrons. The van der Waals surface area contributed by atoms with Crippen LogP contribution in [-0.4, -0.2) is 43.4 Å². The van der Waals surface area contributed by atoms with Gasteiger partial charge in [-0.3, -0.25) is 4.79 Å². The van der Waals surface area contributed by atoms with Gasteiger partial charge in [-0.15, -0.1) is 0 Å². The van der Waals surface area contributed by atoms with E-state index in [0.29, 0.717) is 21.9 Å². The Hall–Kier alpha value is -2.44. The zero-order valence-corrected chi connectivity index (χ0v) is 18.3. The summed E-state index contributed by atoms with van der Waals surface area (Å²) in [5.74, 6) is 2.20. The SMILES string of the molecule is CN(C)c1cc(C=O)ccn1.CNC1CC2(C1)CC(c1nc3cc(Cl)ccc3o1)C2. The minimum absolute atomic E-state index is 0.504. The lowest BCUT2D eigenvalue weighted by molar-refractivity contribution is -0.0251. The fourth-order valence-electron chi connectivity index (χ4n) is 4.53. The zero-order valence-electron chi connectivity index (χ0n) is 17.6. The Kier molecular flexibility index (Phi) is 5.80. The lowest BCUT2D eigenvalue weighted by Crippen LogP contribution is -2.53. The fourth-order valence-corrected chi connectivity index (χ4v) is 4.69. The molecule has 5 rings (SSSR count). The van der Waals surface area contributed by atoms with Crippen LogP contribution in [0, 0.1) is 5.41 Å². The number of carbonyl (C=O) groups excluding carboxylic acids is 1. The topological polar surface area (TPSA) is 71.3 Å². The van der Waals surface area contributed by atoms with Gasteiger partial charge in [0.05, 0.1) is 0 Å². The first-order chi connectivity index (χ1) is 14.4. The molecule has 30 heavy (non-hydrogen) atoms. The first-order valence-electron chi connectivity index (χ1n) is 10.2. The Balaban J connectivity index is 0.000000170. The number of benzene rings is 1. The summed E-state index contributed by atoms with van der Waals surface area (Å²) in [7, 11) is 5.83. The number of hydrogen-bond donors (Lipinski definition) is 1. The Morgan fingerprint density at radius 2 is 1.97 bits per heavy atom. The summed E-state index contributed by atoms with van der Waals surface area (Å²) in [6, 6.07) is 9.78. The minimum Gasteiger partial charge on any atom is -0.440 e. The number of oxazole rings is 1. The van der Waals surface area contributed by atoms with Crippen molar-refractivity contribution in [2.75, 3.05) is 26.0 Å². The Morgan fingerprint density at radius 1 is 1.20 bits per heavy atom. The van der Waals surface area contributed by atoms with Gasteiger partial charge in [0, 0.05) is 42.8 Å². The number of aromatic nitrogens is 2. The molecule has 2 saturated carbocycles. The highest BCUT2D eigenvalue weighted by Gasteiger charge is 2.53. The predicted molar refractivity (Wildman–Crippen MR) is 119 cm³/mol. The van der Waals surface area contributed by atoms with Gasteiger partial charge in [0.15, 0.2) is 11.5 Å². The summed E-state index contributed by atoms with van der Waals surface area (Å²) in [6.45, 7) is 0. The highest BCUT2D eigenvalue weighted by Crippen LogP contribution is 2.61. The second kappa shape index (κ2) is 8.36. The van der Waals surface area contributed by atoms with Gasteiger partial charge in [-0.1, -0.05) is 11.6 Å². The Morgan fingerprint density at radius 3 is 2.63 bits per heavy atom. The number of pyridine rings is 1. The van der Waals surface area contributed by atoms with Crippen molar-refractivity contribution in [2.45, 2.75) is 37.6 Å². The van der Waals surface area contributed by atoms with E-state index in [0.717, 1.165) is 35.1 Å². The van der Waals surface area contributed by atoms with E-state index >= 15 is 0 Å². The number of carbonyl (C=O) groups is 1. The number of nitrogens with one attached hydrogen (secondary N) is 1. The van der Waals surface area contributed by atoms with Crippen LogP contribution in [0.4, 0.5) is 5.82 Å². The van der Waals surface area contributed by atoms with Gasteiger partial charge in [0.25, 0.3) is 0 Å². The predicted octanol–water partition coefficient (Wildman–Crippen LogP) is 4.69. The summed E-state index contributed by atoms with van der Waals surface area (Å²) in [4.78, 5) is 20.8. The van der Waals surface area contributed by atoms with Gasteiger partial charge in [-0.2, -0.15) is 0 Å².